The van der Waals surface area contributed by atoms with Crippen LogP contribution in [0, 0.1) is 0 Å². The second-order valence-electron chi connectivity index (χ2n) is 6.06. The number of carboxylic acid groups (broad SMARTS) is 2. The molecule has 4 N–H and O–H groups in total. The molecule has 0 saturated carbocycles. The largest absolute Gasteiger partial charge is 0.481 e. The number of esters is 4. The van der Waals surface area contributed by atoms with Crippen molar-refractivity contribution in [2.24, 2.45) is 5.73 Å². The van der Waals surface area contributed by atoms with Gasteiger partial charge in [0.15, 0.2) is 0 Å². The maximum Gasteiger partial charge on any atom is 0.337 e. The van der Waals surface area contributed by atoms with Crippen LogP contribution in [-0.4, -0.2) is 74.8 Å². The molecule has 14 nitrogen and oxygen atoms in total. The quantitative estimate of drug-likeness (QED) is 0.242. The standard InChI is InChI=1S/C8H7NO5.C4H7NO4.C4H4O3/c10-5-1-2-6(11)9(5)4-3-7(12)14-8(4)13;5-2(4(8)9)1-3(6)7;5-3-1-2-4(6)7-3/h4H,1-3H2;2H,1,5H2,(H,6,7)(H,8,9);1-2H2. The molecular weight excluding hydrogens is 412 g/mol. The maximum absolute atomic E-state index is 11.2. The zero-order valence-electron chi connectivity index (χ0n) is 15.4. The number of nitrogens with zero attached hydrogens (tertiary/aromatic N) is 1. The summed E-state index contributed by atoms with van der Waals surface area (Å²) < 4.78 is 8.34. The first-order chi connectivity index (χ1) is 13.9. The van der Waals surface area contributed by atoms with Gasteiger partial charge in [0.25, 0.3) is 0 Å². The highest BCUT2D eigenvalue weighted by Gasteiger charge is 2.45. The monoisotopic (exact) mass is 430 g/mol. The van der Waals surface area contributed by atoms with Crippen molar-refractivity contribution in [1.29, 1.82) is 0 Å². The van der Waals surface area contributed by atoms with Crippen molar-refractivity contribution >= 4 is 47.6 Å². The van der Waals surface area contributed by atoms with Gasteiger partial charge in [-0.25, -0.2) is 4.79 Å². The summed E-state index contributed by atoms with van der Waals surface area (Å²) >= 11 is 0. The van der Waals surface area contributed by atoms with Gasteiger partial charge in [-0.05, 0) is 0 Å². The molecule has 0 aromatic rings. The molecule has 164 valence electrons. The van der Waals surface area contributed by atoms with Gasteiger partial charge < -0.3 is 25.4 Å². The number of imide groups is 1. The molecule has 30 heavy (non-hydrogen) atoms. The van der Waals surface area contributed by atoms with E-state index in [1.54, 1.807) is 0 Å². The lowest BCUT2D eigenvalue weighted by Crippen LogP contribution is -2.42. The molecule has 3 fully saturated rings. The number of carbonyl (C=O) groups is 8. The topological polar surface area (TPSA) is 225 Å². The predicted molar refractivity (Wildman–Crippen MR) is 88.8 cm³/mol. The number of ether oxygens (including phenoxy) is 2. The van der Waals surface area contributed by atoms with Crippen LogP contribution in [0.4, 0.5) is 0 Å². The fourth-order valence-electron chi connectivity index (χ4n) is 2.31. The van der Waals surface area contributed by atoms with Crippen molar-refractivity contribution in [3.05, 3.63) is 0 Å². The molecule has 0 aromatic carbocycles. The Morgan fingerprint density at radius 2 is 1.40 bits per heavy atom. The van der Waals surface area contributed by atoms with Crippen LogP contribution in [0.25, 0.3) is 0 Å². The Balaban J connectivity index is 0.000000243. The van der Waals surface area contributed by atoms with E-state index in [1.807, 2.05) is 0 Å². The molecule has 0 aliphatic carbocycles. The van der Waals surface area contributed by atoms with E-state index in [9.17, 15) is 38.4 Å². The normalized spacial score (nSPS) is 21.2. The Morgan fingerprint density at radius 3 is 1.67 bits per heavy atom. The number of hydrogen-bond acceptors (Lipinski definition) is 11. The summed E-state index contributed by atoms with van der Waals surface area (Å²) in [5.74, 6) is -5.61. The Hall–Kier alpha value is -3.68. The number of likely N-dealkylation sites (tertiary alicyclic amines) is 1. The van der Waals surface area contributed by atoms with E-state index in [4.69, 9.17) is 15.9 Å². The van der Waals surface area contributed by atoms with Gasteiger partial charge in [-0.3, -0.25) is 38.5 Å². The fourth-order valence-corrected chi connectivity index (χ4v) is 2.31. The molecule has 2 unspecified atom stereocenters. The number of rotatable bonds is 4. The van der Waals surface area contributed by atoms with E-state index < -0.39 is 66.1 Å². The van der Waals surface area contributed by atoms with Gasteiger partial charge in [-0.2, -0.15) is 0 Å². The highest BCUT2D eigenvalue weighted by atomic mass is 16.6. The van der Waals surface area contributed by atoms with Crippen LogP contribution in [0.5, 0.6) is 0 Å². The summed E-state index contributed by atoms with van der Waals surface area (Å²) in [6.07, 6.45) is -0.00305. The van der Waals surface area contributed by atoms with Crippen LogP contribution < -0.4 is 5.73 Å². The smallest absolute Gasteiger partial charge is 0.337 e. The van der Waals surface area contributed by atoms with Gasteiger partial charge in [-0.15, -0.1) is 0 Å². The molecule has 0 bridgehead atoms. The third-order valence-electron chi connectivity index (χ3n) is 3.72. The Kier molecular flexibility index (Phi) is 8.73. The van der Waals surface area contributed by atoms with Crippen LogP contribution in [-0.2, 0) is 47.8 Å². The van der Waals surface area contributed by atoms with E-state index in [1.165, 1.54) is 0 Å². The van der Waals surface area contributed by atoms with Gasteiger partial charge in [0.1, 0.15) is 12.1 Å². The minimum absolute atomic E-state index is 0.108. The summed E-state index contributed by atoms with van der Waals surface area (Å²) in [6.45, 7) is 0. The first kappa shape index (κ1) is 24.4. The molecular formula is C16H18N2O12. The van der Waals surface area contributed by atoms with Crippen molar-refractivity contribution in [3.63, 3.8) is 0 Å². The SMILES string of the molecule is NC(CC(=O)O)C(=O)O.O=C1CC(N2C(=O)CCC2=O)C(=O)O1.O=C1CCC(=O)O1. The van der Waals surface area contributed by atoms with Crippen molar-refractivity contribution in [2.45, 2.75) is 50.6 Å². The molecule has 2 atom stereocenters. The van der Waals surface area contributed by atoms with Crippen molar-refractivity contribution in [3.8, 4) is 0 Å². The van der Waals surface area contributed by atoms with E-state index in [2.05, 4.69) is 9.47 Å². The molecule has 0 radical (unpaired) electrons. The van der Waals surface area contributed by atoms with Crippen LogP contribution in [0.2, 0.25) is 0 Å². The van der Waals surface area contributed by atoms with E-state index >= 15 is 0 Å². The average molecular weight is 430 g/mol. The van der Waals surface area contributed by atoms with E-state index in [0.717, 1.165) is 4.90 Å². The first-order valence-electron chi connectivity index (χ1n) is 8.45. The van der Waals surface area contributed by atoms with Gasteiger partial charge in [0.05, 0.1) is 25.7 Å². The van der Waals surface area contributed by atoms with Crippen molar-refractivity contribution in [2.75, 3.05) is 0 Å². The fraction of sp³-hybridized carbons (Fsp3) is 0.500. The van der Waals surface area contributed by atoms with Gasteiger partial charge >= 0.3 is 35.8 Å². The van der Waals surface area contributed by atoms with Crippen LogP contribution >= 0.6 is 0 Å². The molecule has 14 heteroatoms. The number of nitrogens with two attached hydrogens (primary N) is 1. The number of carbonyl (C=O) groups excluding carboxylic acids is 6. The van der Waals surface area contributed by atoms with Gasteiger partial charge in [0.2, 0.25) is 11.8 Å². The molecule has 3 aliphatic heterocycles. The Labute approximate surface area is 167 Å². The Morgan fingerprint density at radius 1 is 0.900 bits per heavy atom. The van der Waals surface area contributed by atoms with Crippen LogP contribution in [0.3, 0.4) is 0 Å². The zero-order valence-corrected chi connectivity index (χ0v) is 15.4. The third-order valence-corrected chi connectivity index (χ3v) is 3.72. The average Bonchev–Trinajstić information content (AvgIpc) is 3.27. The summed E-state index contributed by atoms with van der Waals surface area (Å²) in [7, 11) is 0. The van der Waals surface area contributed by atoms with E-state index in [0.29, 0.717) is 0 Å². The molecule has 0 spiro atoms. The molecule has 3 aliphatic rings. The second-order valence-corrected chi connectivity index (χ2v) is 6.06. The van der Waals surface area contributed by atoms with Gasteiger partial charge in [-0.1, -0.05) is 0 Å². The van der Waals surface area contributed by atoms with E-state index in [-0.39, 0.29) is 32.1 Å². The predicted octanol–water partition coefficient (Wildman–Crippen LogP) is -2.30. The van der Waals surface area contributed by atoms with Crippen molar-refractivity contribution < 1.29 is 58.0 Å². The first-order valence-corrected chi connectivity index (χ1v) is 8.45. The number of aliphatic carboxylic acids is 2. The molecule has 3 saturated heterocycles. The second kappa shape index (κ2) is 10.8. The maximum atomic E-state index is 11.2. The van der Waals surface area contributed by atoms with Crippen LogP contribution in [0.15, 0.2) is 0 Å². The van der Waals surface area contributed by atoms with Crippen LogP contribution in [0.1, 0.15) is 38.5 Å². The Bertz CT molecular complexity index is 759. The number of carboxylic acids is 2. The van der Waals surface area contributed by atoms with Crippen molar-refractivity contribution in [1.82, 2.24) is 4.90 Å². The number of cyclic esters (lactones) is 4. The lowest BCUT2D eigenvalue weighted by Gasteiger charge is -2.16. The number of hydrogen-bond donors (Lipinski definition) is 3. The highest BCUT2D eigenvalue weighted by Crippen LogP contribution is 2.22. The summed E-state index contributed by atoms with van der Waals surface area (Å²) in [5.41, 5.74) is 4.84. The molecule has 3 rings (SSSR count). The summed E-state index contributed by atoms with van der Waals surface area (Å²) in [6, 6.07) is -2.31. The molecule has 3 heterocycles. The third kappa shape index (κ3) is 7.38. The lowest BCUT2D eigenvalue weighted by atomic mass is 10.2. The molecule has 2 amide bonds. The zero-order chi connectivity index (χ0) is 23.0. The molecule has 0 aromatic heterocycles. The summed E-state index contributed by atoms with van der Waals surface area (Å²) in [4.78, 5) is 84.7. The summed E-state index contributed by atoms with van der Waals surface area (Å²) in [5, 5.41) is 16.0. The number of amides is 2. The van der Waals surface area contributed by atoms with Gasteiger partial charge in [0, 0.05) is 12.8 Å². The minimum atomic E-state index is -1.29. The lowest BCUT2D eigenvalue weighted by molar-refractivity contribution is -0.157. The minimum Gasteiger partial charge on any atom is -0.481 e. The highest BCUT2D eigenvalue weighted by molar-refractivity contribution is 6.08.